The number of likely N-dealkylation sites (tertiary alicyclic amines) is 1. The van der Waals surface area contributed by atoms with Crippen LogP contribution in [0.2, 0.25) is 0 Å². The highest BCUT2D eigenvalue weighted by atomic mass is 32.2. The van der Waals surface area contributed by atoms with E-state index in [2.05, 4.69) is 15.1 Å². The maximum atomic E-state index is 14.1. The van der Waals surface area contributed by atoms with Crippen LogP contribution in [-0.4, -0.2) is 68.5 Å². The van der Waals surface area contributed by atoms with E-state index in [-0.39, 0.29) is 17.7 Å². The van der Waals surface area contributed by atoms with Gasteiger partial charge in [-0.15, -0.1) is 0 Å². The van der Waals surface area contributed by atoms with E-state index in [0.717, 1.165) is 37.8 Å². The second kappa shape index (κ2) is 11.9. The number of nitrogens with one attached hydrogen (secondary N) is 1. The number of ether oxygens (including phenoxy) is 2. The largest absolute Gasteiger partial charge is 0.461 e. The molecular formula is C28H32F4N2O6S. The third-order valence-electron chi connectivity index (χ3n) is 7.88. The highest BCUT2D eigenvalue weighted by Gasteiger charge is 2.54. The van der Waals surface area contributed by atoms with Crippen LogP contribution in [0, 0.1) is 0 Å². The first-order valence-electron chi connectivity index (χ1n) is 13.6. The molecule has 8 nitrogen and oxygen atoms in total. The van der Waals surface area contributed by atoms with Crippen LogP contribution in [0.5, 0.6) is 5.75 Å². The number of piperidine rings is 1. The second-order valence-corrected chi connectivity index (χ2v) is 12.9. The van der Waals surface area contributed by atoms with Crippen molar-refractivity contribution in [1.82, 2.24) is 10.4 Å². The molecule has 224 valence electrons. The lowest BCUT2D eigenvalue weighted by Crippen LogP contribution is -2.58. The van der Waals surface area contributed by atoms with Gasteiger partial charge in [-0.25, -0.2) is 18.7 Å². The van der Waals surface area contributed by atoms with Gasteiger partial charge < -0.3 is 14.4 Å². The maximum absolute atomic E-state index is 14.1. The van der Waals surface area contributed by atoms with Gasteiger partial charge in [-0.2, -0.15) is 17.6 Å². The van der Waals surface area contributed by atoms with E-state index in [1.165, 1.54) is 36.4 Å². The lowest BCUT2D eigenvalue weighted by molar-refractivity contribution is -0.253. The van der Waals surface area contributed by atoms with Gasteiger partial charge in [-0.3, -0.25) is 4.79 Å². The van der Waals surface area contributed by atoms with Crippen LogP contribution in [-0.2, 0) is 24.2 Å². The van der Waals surface area contributed by atoms with Crippen molar-refractivity contribution in [3.8, 4) is 16.9 Å². The zero-order valence-corrected chi connectivity index (χ0v) is 23.1. The molecule has 1 amide bonds. The van der Waals surface area contributed by atoms with Crippen molar-refractivity contribution in [1.29, 1.82) is 0 Å². The van der Waals surface area contributed by atoms with Crippen molar-refractivity contribution in [2.75, 3.05) is 19.7 Å². The van der Waals surface area contributed by atoms with Gasteiger partial charge in [0.1, 0.15) is 5.75 Å². The number of halogens is 4. The Hall–Kier alpha value is -2.74. The Morgan fingerprint density at radius 1 is 0.976 bits per heavy atom. The number of hydroxylamine groups is 1. The van der Waals surface area contributed by atoms with E-state index in [9.17, 15) is 30.8 Å². The van der Waals surface area contributed by atoms with E-state index in [1.807, 2.05) is 0 Å². The van der Waals surface area contributed by atoms with Crippen molar-refractivity contribution in [2.24, 2.45) is 0 Å². The summed E-state index contributed by atoms with van der Waals surface area (Å²) in [6.45, 7) is 1.44. The molecule has 5 rings (SSSR count). The number of nitrogens with zero attached hydrogens (tertiary/aromatic N) is 1. The summed E-state index contributed by atoms with van der Waals surface area (Å²) in [7, 11) is -4.17. The van der Waals surface area contributed by atoms with Gasteiger partial charge in [-0.1, -0.05) is 24.3 Å². The summed E-state index contributed by atoms with van der Waals surface area (Å²) in [5.41, 5.74) is 3.46. The summed E-state index contributed by atoms with van der Waals surface area (Å²) in [5, 5.41) is 0. The molecule has 2 aliphatic heterocycles. The normalized spacial score (nSPS) is 21.9. The van der Waals surface area contributed by atoms with Crippen LogP contribution < -0.4 is 10.2 Å². The molecule has 2 heterocycles. The molecule has 1 N–H and O–H groups in total. The Kier molecular flexibility index (Phi) is 8.61. The predicted octanol–water partition coefficient (Wildman–Crippen LogP) is 4.94. The molecule has 41 heavy (non-hydrogen) atoms. The molecule has 3 aliphatic rings. The van der Waals surface area contributed by atoms with Gasteiger partial charge in [-0.05, 0) is 73.9 Å². The molecule has 0 radical (unpaired) electrons. The quantitative estimate of drug-likeness (QED) is 0.305. The average Bonchev–Trinajstić information content (AvgIpc) is 3.82. The highest BCUT2D eigenvalue weighted by molar-refractivity contribution is 7.93. The third kappa shape index (κ3) is 6.37. The van der Waals surface area contributed by atoms with Crippen LogP contribution in [0.15, 0.2) is 53.4 Å². The van der Waals surface area contributed by atoms with Crippen molar-refractivity contribution in [2.45, 2.75) is 79.5 Å². The number of sulfone groups is 1. The SMILES string of the molecule is O=C(NOC1CCCCO1)C1(S(=O)(=O)c2ccc(-c3ccc(OC(F)(F)C(F)F)cc3)cc2)CCN(C2CC2)CC1. The molecule has 1 unspecified atom stereocenters. The standard InChI is InChI=1S/C28H32F4N2O6S/c29-25(30)28(31,32)39-22-10-4-19(5-11-22)20-6-12-23(13-7-20)41(36,37)27(14-16-34(17-15-27)21-8-9-21)26(35)33-40-24-3-1-2-18-38-24/h4-7,10-13,21,24-25H,1-3,8-9,14-18H2,(H,33,35). The minimum Gasteiger partial charge on any atom is -0.428 e. The van der Waals surface area contributed by atoms with Crippen LogP contribution in [0.4, 0.5) is 17.6 Å². The molecular weight excluding hydrogens is 568 g/mol. The minimum atomic E-state index is -4.62. The first kappa shape index (κ1) is 29.7. The minimum absolute atomic E-state index is 0.0401. The highest BCUT2D eigenvalue weighted by Crippen LogP contribution is 2.40. The molecule has 1 aliphatic carbocycles. The number of amides is 1. The lowest BCUT2D eigenvalue weighted by atomic mass is 9.94. The van der Waals surface area contributed by atoms with E-state index in [1.54, 1.807) is 0 Å². The van der Waals surface area contributed by atoms with Gasteiger partial charge in [0.05, 0.1) is 4.90 Å². The first-order valence-corrected chi connectivity index (χ1v) is 15.1. The zero-order chi connectivity index (χ0) is 29.3. The summed E-state index contributed by atoms with van der Waals surface area (Å²) in [6.07, 6.45) is -4.50. The number of carbonyl (C=O) groups is 1. The van der Waals surface area contributed by atoms with Crippen molar-refractivity contribution >= 4 is 15.7 Å². The Balaban J connectivity index is 1.34. The van der Waals surface area contributed by atoms with E-state index >= 15 is 0 Å². The molecule has 0 spiro atoms. The Morgan fingerprint density at radius 2 is 1.59 bits per heavy atom. The summed E-state index contributed by atoms with van der Waals surface area (Å²) in [5.74, 6) is -1.16. The number of carbonyl (C=O) groups excluding carboxylic acids is 1. The van der Waals surface area contributed by atoms with Gasteiger partial charge in [0.25, 0.3) is 5.91 Å². The van der Waals surface area contributed by atoms with Gasteiger partial charge in [0.15, 0.2) is 20.9 Å². The smallest absolute Gasteiger partial charge is 0.428 e. The van der Waals surface area contributed by atoms with Crippen molar-refractivity contribution < 1.29 is 45.1 Å². The van der Waals surface area contributed by atoms with Crippen molar-refractivity contribution in [3.05, 3.63) is 48.5 Å². The fourth-order valence-corrected chi connectivity index (χ4v) is 7.24. The van der Waals surface area contributed by atoms with Gasteiger partial charge in [0.2, 0.25) is 0 Å². The molecule has 2 aromatic rings. The fourth-order valence-electron chi connectivity index (χ4n) is 5.29. The number of rotatable bonds is 10. The number of benzene rings is 2. The Labute approximate surface area is 235 Å². The molecule has 1 saturated carbocycles. The fraction of sp³-hybridized carbons (Fsp3) is 0.536. The van der Waals surface area contributed by atoms with E-state index in [0.29, 0.717) is 43.3 Å². The molecule has 2 aromatic carbocycles. The summed E-state index contributed by atoms with van der Waals surface area (Å²) < 4.78 is 87.2. The number of hydrogen-bond acceptors (Lipinski definition) is 7. The summed E-state index contributed by atoms with van der Waals surface area (Å²) in [4.78, 5) is 21.2. The lowest BCUT2D eigenvalue weighted by Gasteiger charge is -2.40. The third-order valence-corrected chi connectivity index (χ3v) is 10.4. The zero-order valence-electron chi connectivity index (χ0n) is 22.2. The van der Waals surface area contributed by atoms with Gasteiger partial charge in [0, 0.05) is 32.2 Å². The maximum Gasteiger partial charge on any atom is 0.461 e. The Bertz CT molecular complexity index is 1310. The summed E-state index contributed by atoms with van der Waals surface area (Å²) >= 11 is 0. The van der Waals surface area contributed by atoms with Crippen LogP contribution in [0.25, 0.3) is 11.1 Å². The van der Waals surface area contributed by atoms with Crippen molar-refractivity contribution in [3.63, 3.8) is 0 Å². The Morgan fingerprint density at radius 3 is 2.12 bits per heavy atom. The average molecular weight is 601 g/mol. The molecule has 3 fully saturated rings. The number of hydrogen-bond donors (Lipinski definition) is 1. The number of alkyl halides is 4. The van der Waals surface area contributed by atoms with E-state index in [4.69, 9.17) is 9.57 Å². The predicted molar refractivity (Wildman–Crippen MR) is 140 cm³/mol. The summed E-state index contributed by atoms with van der Waals surface area (Å²) in [6, 6.07) is 11.3. The van der Waals surface area contributed by atoms with Crippen LogP contribution >= 0.6 is 0 Å². The molecule has 0 bridgehead atoms. The van der Waals surface area contributed by atoms with Gasteiger partial charge >= 0.3 is 12.5 Å². The monoisotopic (exact) mass is 600 g/mol. The molecule has 2 saturated heterocycles. The molecule has 0 aromatic heterocycles. The molecule has 1 atom stereocenters. The van der Waals surface area contributed by atoms with E-state index < -0.39 is 45.1 Å². The first-order chi connectivity index (χ1) is 19.5. The van der Waals surface area contributed by atoms with Crippen LogP contribution in [0.1, 0.15) is 44.9 Å². The molecule has 13 heteroatoms. The second-order valence-electron chi connectivity index (χ2n) is 10.6. The van der Waals surface area contributed by atoms with Crippen LogP contribution in [0.3, 0.4) is 0 Å². The topological polar surface area (TPSA) is 94.2 Å².